The van der Waals surface area contributed by atoms with Gasteiger partial charge in [0, 0.05) is 92.0 Å². The van der Waals surface area contributed by atoms with E-state index >= 15 is 0 Å². The fourth-order valence-electron chi connectivity index (χ4n) is 12.5. The zero-order valence-electron chi connectivity index (χ0n) is 56.8. The van der Waals surface area contributed by atoms with Crippen LogP contribution in [-0.4, -0.2) is 187 Å². The summed E-state index contributed by atoms with van der Waals surface area (Å²) in [6, 6.07) is 2.23. The number of hydrogen-bond acceptors (Lipinski definition) is 20. The Morgan fingerprint density at radius 1 is 0.600 bits per heavy atom. The van der Waals surface area contributed by atoms with Crippen molar-refractivity contribution >= 4 is 110 Å². The van der Waals surface area contributed by atoms with Crippen LogP contribution in [0.4, 0.5) is 11.4 Å². The number of benzene rings is 2. The van der Waals surface area contributed by atoms with E-state index in [-0.39, 0.29) is 92.5 Å². The number of nitrogens with zero attached hydrogens (tertiary/aromatic N) is 2. The Morgan fingerprint density at radius 3 is 1.69 bits per heavy atom. The molecule has 9 N–H and O–H groups in total. The van der Waals surface area contributed by atoms with E-state index in [1.807, 2.05) is 47.3 Å². The van der Waals surface area contributed by atoms with Gasteiger partial charge in [0.25, 0.3) is 40.5 Å². The molecule has 6 atom stereocenters. The smallest absolute Gasteiger partial charge is 0.305 e. The highest BCUT2D eigenvalue weighted by Crippen LogP contribution is 2.52. The number of carbonyl (C=O) groups is 7. The molecular weight excluding hydrogens is 1410 g/mol. The minimum atomic E-state index is -5.19. The topological polar surface area (TPSA) is 462 Å². The number of allylic oxidation sites excluding steroid dienone is 6. The van der Waals surface area contributed by atoms with Crippen molar-refractivity contribution in [3.63, 3.8) is 0 Å². The van der Waals surface area contributed by atoms with Gasteiger partial charge in [-0.05, 0) is 140 Å². The Morgan fingerprint density at radius 2 is 1.12 bits per heavy atom. The molecule has 0 aromatic heterocycles. The van der Waals surface area contributed by atoms with Crippen LogP contribution >= 0.6 is 0 Å². The van der Waals surface area contributed by atoms with Crippen LogP contribution in [0.5, 0.6) is 0 Å². The van der Waals surface area contributed by atoms with E-state index in [4.69, 9.17) is 9.47 Å². The number of anilines is 1. The minimum Gasteiger partial charge on any atom is -0.772 e. The average molecular weight is 1500 g/mol. The first-order valence-corrected chi connectivity index (χ1v) is 40.8. The Kier molecular flexibility index (Phi) is 32.7. The van der Waals surface area contributed by atoms with Gasteiger partial charge >= 0.3 is 11.9 Å². The van der Waals surface area contributed by atoms with Crippen LogP contribution in [0.3, 0.4) is 0 Å². The molecule has 0 fully saturated rings. The number of ether oxygens (including phenoxy) is 2. The molecule has 30 nitrogen and oxygen atoms in total. The third kappa shape index (κ3) is 26.5. The lowest BCUT2D eigenvalue weighted by molar-refractivity contribution is -0.438. The van der Waals surface area contributed by atoms with Gasteiger partial charge < -0.3 is 45.5 Å². The van der Waals surface area contributed by atoms with Crippen molar-refractivity contribution < 1.29 is 108 Å². The number of nitrogens with one attached hydrogen (secondary N) is 5. The molecular formula is C65H95N7O23S5. The van der Waals surface area contributed by atoms with E-state index in [0.29, 0.717) is 131 Å². The Labute approximate surface area is 588 Å². The molecule has 6 unspecified atom stereocenters. The molecule has 0 bridgehead atoms. The Bertz CT molecular complexity index is 3880. The van der Waals surface area contributed by atoms with Crippen LogP contribution in [-0.2, 0) is 105 Å². The van der Waals surface area contributed by atoms with Crippen LogP contribution < -0.4 is 31.5 Å². The fourth-order valence-corrected chi connectivity index (χ4v) is 15.4. The minimum absolute atomic E-state index is 0.0620. The molecule has 3 aliphatic rings. The number of hydrogen-bond donors (Lipinski definition) is 9. The molecule has 558 valence electrons. The molecule has 3 aliphatic heterocycles. The van der Waals surface area contributed by atoms with Gasteiger partial charge in [0.1, 0.15) is 36.2 Å². The number of amides is 5. The van der Waals surface area contributed by atoms with Gasteiger partial charge in [-0.1, -0.05) is 61.4 Å². The standard InChI is InChI=1S/C65H95N7O23S5/c1-5-94-59(75)29-17-10-23-39-71-53-33-31-46(99(88,89)90)41-48(53)64(3)35-19-8-15-27-57(73)66-37-21-12-22-38-67-61(77)50(43-96(80)81)69-63(79)52(45-98(85,86)87)70-62(78)51(44-97(82,83)84)68-58(74)28-16-9-20-36-65(4)49-42-47(100(91,92)93)32-34-54(49)72(40-24-11-18-30-60(76)95-6-2)56(65)26-14-7-13-25-55(64)71/h7,13-14,25-26,31-34,41-42,50-52H,5-6,8-12,15-24,27-30,35-40,43-45H2,1-4H3,(H9-,66,67,68,69,70,73,74,77,78,79,80,81,82,83,84,85,86,87,88,89,90,91,92,93). The van der Waals surface area contributed by atoms with Crippen molar-refractivity contribution in [2.75, 3.05) is 61.6 Å². The van der Waals surface area contributed by atoms with Gasteiger partial charge in [-0.25, -0.2) is 0 Å². The molecule has 0 spiro atoms. The lowest BCUT2D eigenvalue weighted by Gasteiger charge is -2.30. The largest absolute Gasteiger partial charge is 0.772 e. The molecule has 0 saturated carbocycles. The van der Waals surface area contributed by atoms with Gasteiger partial charge in [-0.2, -0.15) is 38.2 Å². The SMILES string of the molecule is CCOC(=O)CCCCCN1C2=CC=CC=CC3=[N+](CCCCCC(=O)OCC)c4ccc(S(=O)(=O)O)cc4C3(C)CCCCCC(=O)NC(CS(=O)(=O)O)C(=O)NC(CS(=O)(=O)O)C(=O)NC(CS(=O)[O-])C(=O)NCCCCCNC(=O)CCCCCC2(C)c2cc(S(=O)(=O)O)ccc21. The zero-order chi connectivity index (χ0) is 74.1. The first-order valence-electron chi connectivity index (χ1n) is 33.4. The molecule has 3 heterocycles. The van der Waals surface area contributed by atoms with Gasteiger partial charge in [0.05, 0.1) is 28.4 Å². The quantitative estimate of drug-likeness (QED) is 0.0247. The van der Waals surface area contributed by atoms with Crippen molar-refractivity contribution in [3.05, 3.63) is 83.6 Å². The molecule has 5 rings (SSSR count). The summed E-state index contributed by atoms with van der Waals surface area (Å²) in [5.74, 6) is -10.2. The monoisotopic (exact) mass is 1500 g/mol. The number of carbonyl (C=O) groups excluding carboxylic acids is 7. The number of esters is 2. The van der Waals surface area contributed by atoms with Gasteiger partial charge in [-0.15, -0.1) is 0 Å². The van der Waals surface area contributed by atoms with Gasteiger partial charge in [0.15, 0.2) is 5.71 Å². The van der Waals surface area contributed by atoms with Crippen molar-refractivity contribution in [2.24, 2.45) is 0 Å². The van der Waals surface area contributed by atoms with E-state index in [9.17, 15) is 94.2 Å². The number of unbranched alkanes of at least 4 members (excludes halogenated alkanes) is 4. The molecule has 2 aromatic carbocycles. The third-order valence-corrected chi connectivity index (χ3v) is 21.3. The van der Waals surface area contributed by atoms with Crippen molar-refractivity contribution in [1.82, 2.24) is 26.6 Å². The van der Waals surface area contributed by atoms with E-state index in [1.165, 1.54) is 24.3 Å². The second kappa shape index (κ2) is 39.0. The lowest BCUT2D eigenvalue weighted by Crippen LogP contribution is -2.60. The van der Waals surface area contributed by atoms with Crippen molar-refractivity contribution in [1.29, 1.82) is 0 Å². The summed E-state index contributed by atoms with van der Waals surface area (Å²) in [7, 11) is -19.8. The summed E-state index contributed by atoms with van der Waals surface area (Å²) in [5.41, 5.74) is 2.01. The van der Waals surface area contributed by atoms with Crippen molar-refractivity contribution in [2.45, 2.75) is 201 Å². The third-order valence-electron chi connectivity index (χ3n) is 17.5. The maximum absolute atomic E-state index is 13.7. The van der Waals surface area contributed by atoms with Crippen LogP contribution in [0.2, 0.25) is 0 Å². The fraction of sp³-hybridized carbons (Fsp3) is 0.600. The molecule has 100 heavy (non-hydrogen) atoms. The highest BCUT2D eigenvalue weighted by molar-refractivity contribution is 7.86. The normalized spacial score (nSPS) is 22.4. The van der Waals surface area contributed by atoms with Crippen LogP contribution in [0.25, 0.3) is 0 Å². The average Bonchev–Trinajstić information content (AvgIpc) is 1.59. The van der Waals surface area contributed by atoms with Crippen molar-refractivity contribution in [3.8, 4) is 0 Å². The maximum Gasteiger partial charge on any atom is 0.305 e. The molecule has 5 amide bonds. The first-order chi connectivity index (χ1) is 47.0. The second-order valence-corrected chi connectivity index (χ2v) is 32.0. The summed E-state index contributed by atoms with van der Waals surface area (Å²) < 4.78 is 176. The van der Waals surface area contributed by atoms with Crippen LogP contribution in [0.1, 0.15) is 174 Å². The summed E-state index contributed by atoms with van der Waals surface area (Å²) in [6.45, 7) is 8.76. The molecule has 0 radical (unpaired) electrons. The molecule has 0 saturated heterocycles. The molecule has 2 aromatic rings. The van der Waals surface area contributed by atoms with Gasteiger partial charge in [0.2, 0.25) is 35.2 Å². The lowest BCUT2D eigenvalue weighted by atomic mass is 9.75. The Balaban J connectivity index is 1.58. The summed E-state index contributed by atoms with van der Waals surface area (Å²) in [5, 5.41) is 11.4. The highest BCUT2D eigenvalue weighted by Gasteiger charge is 2.48. The van der Waals surface area contributed by atoms with Crippen LogP contribution in [0, 0.1) is 0 Å². The number of rotatable bonds is 22. The predicted molar refractivity (Wildman–Crippen MR) is 369 cm³/mol. The van der Waals surface area contributed by atoms with E-state index < -0.39 is 128 Å². The summed E-state index contributed by atoms with van der Waals surface area (Å²) >= 11 is -3.02. The van der Waals surface area contributed by atoms with E-state index in [1.54, 1.807) is 38.1 Å². The van der Waals surface area contributed by atoms with Crippen LogP contribution in [0.15, 0.2) is 82.3 Å². The van der Waals surface area contributed by atoms with Gasteiger partial charge in [-0.3, -0.25) is 56.0 Å². The highest BCUT2D eigenvalue weighted by atomic mass is 32.2. The Hall–Kier alpha value is -6.83. The number of fused-ring (bicyclic) bond motifs is 6. The molecule has 35 heteroatoms. The second-order valence-electron chi connectivity index (χ2n) is 25.2. The first kappa shape index (κ1) is 83.8. The maximum atomic E-state index is 13.7. The van der Waals surface area contributed by atoms with E-state index in [2.05, 4.69) is 20.9 Å². The summed E-state index contributed by atoms with van der Waals surface area (Å²) in [4.78, 5) is 93.2. The van der Waals surface area contributed by atoms with E-state index in [0.717, 1.165) is 5.70 Å². The summed E-state index contributed by atoms with van der Waals surface area (Å²) in [6.07, 6.45) is 16.9. The molecule has 0 aliphatic carbocycles. The predicted octanol–water partition coefficient (Wildman–Crippen LogP) is 4.98. The zero-order valence-corrected chi connectivity index (χ0v) is 60.9.